The van der Waals surface area contributed by atoms with Crippen LogP contribution in [0.4, 0.5) is 0 Å². The smallest absolute Gasteiger partial charge is 0.0702 e. The minimum Gasteiger partial charge on any atom is -0.264 e. The highest BCUT2D eigenvalue weighted by atomic mass is 14.7. The summed E-state index contributed by atoms with van der Waals surface area (Å²) in [5, 5.41) is 0. The molecule has 0 atom stereocenters. The number of aryl methyl sites for hydroxylation is 4. The van der Waals surface area contributed by atoms with Gasteiger partial charge >= 0.3 is 0 Å². The van der Waals surface area contributed by atoms with Crippen LogP contribution in [0.1, 0.15) is 22.3 Å². The van der Waals surface area contributed by atoms with E-state index in [-0.39, 0.29) is 0 Å². The predicted octanol–water partition coefficient (Wildman–Crippen LogP) is 8.44. The van der Waals surface area contributed by atoms with Gasteiger partial charge in [-0.15, -0.1) is 0 Å². The normalized spacial score (nSPS) is 10.9. The molecule has 3 nitrogen and oxygen atoms in total. The van der Waals surface area contributed by atoms with Crippen molar-refractivity contribution in [1.29, 1.82) is 0 Å². The SMILES string of the molecule is c1ccc(-c2ccc(-c3ccccc3-c3cc(CCc4cccnc4)cc(CCc4cccnc4)c3)cn2)cc1. The van der Waals surface area contributed by atoms with E-state index in [0.717, 1.165) is 42.5 Å². The highest BCUT2D eigenvalue weighted by Crippen LogP contribution is 2.34. The molecule has 0 aliphatic heterocycles. The van der Waals surface area contributed by atoms with Crippen LogP contribution < -0.4 is 0 Å². The van der Waals surface area contributed by atoms with Crippen molar-refractivity contribution in [2.24, 2.45) is 0 Å². The zero-order valence-electron chi connectivity index (χ0n) is 22.4. The molecule has 6 rings (SSSR count). The van der Waals surface area contributed by atoms with E-state index in [1.165, 1.54) is 38.9 Å². The van der Waals surface area contributed by atoms with Crippen LogP contribution in [0.15, 0.2) is 140 Å². The minimum absolute atomic E-state index is 0.964. The molecular weight excluding hydrogens is 486 g/mol. The van der Waals surface area contributed by atoms with Crippen molar-refractivity contribution in [3.63, 3.8) is 0 Å². The van der Waals surface area contributed by atoms with Gasteiger partial charge in [0.1, 0.15) is 0 Å². The molecule has 194 valence electrons. The second-order valence-electron chi connectivity index (χ2n) is 10.1. The first-order valence-corrected chi connectivity index (χ1v) is 13.8. The van der Waals surface area contributed by atoms with E-state index < -0.39 is 0 Å². The Bertz CT molecular complexity index is 1600. The summed E-state index contributed by atoms with van der Waals surface area (Å²) in [5.74, 6) is 0. The fourth-order valence-electron chi connectivity index (χ4n) is 5.20. The van der Waals surface area contributed by atoms with E-state index in [1.807, 2.05) is 61.3 Å². The first-order chi connectivity index (χ1) is 19.8. The maximum absolute atomic E-state index is 4.81. The lowest BCUT2D eigenvalue weighted by Crippen LogP contribution is -1.98. The lowest BCUT2D eigenvalue weighted by atomic mass is 9.90. The second kappa shape index (κ2) is 12.3. The standard InChI is InChI=1S/C37H31N3/c1-2-10-32(11-3-1)37-19-18-33(27-40-37)35-12-4-5-13-36(35)34-23-30(16-14-28-8-6-20-38-25-28)22-31(24-34)17-15-29-9-7-21-39-26-29/h1-13,18-27H,14-17H2. The van der Waals surface area contributed by atoms with Gasteiger partial charge in [-0.3, -0.25) is 15.0 Å². The van der Waals surface area contributed by atoms with Crippen molar-refractivity contribution < 1.29 is 0 Å². The maximum Gasteiger partial charge on any atom is 0.0702 e. The monoisotopic (exact) mass is 517 g/mol. The summed E-state index contributed by atoms with van der Waals surface area (Å²) in [6, 6.07) is 38.7. The zero-order valence-corrected chi connectivity index (χ0v) is 22.4. The van der Waals surface area contributed by atoms with E-state index in [4.69, 9.17) is 4.98 Å². The molecule has 0 aliphatic rings. The minimum atomic E-state index is 0.964. The lowest BCUT2D eigenvalue weighted by molar-refractivity contribution is 0.923. The average Bonchev–Trinajstić information content (AvgIpc) is 3.04. The van der Waals surface area contributed by atoms with Crippen molar-refractivity contribution in [2.45, 2.75) is 25.7 Å². The Kier molecular flexibility index (Phi) is 7.82. The molecule has 3 aromatic heterocycles. The summed E-state index contributed by atoms with van der Waals surface area (Å²) in [6.45, 7) is 0. The molecule has 0 spiro atoms. The fourth-order valence-corrected chi connectivity index (χ4v) is 5.20. The predicted molar refractivity (Wildman–Crippen MR) is 164 cm³/mol. The first-order valence-electron chi connectivity index (χ1n) is 13.8. The number of pyridine rings is 3. The largest absolute Gasteiger partial charge is 0.264 e. The van der Waals surface area contributed by atoms with Crippen LogP contribution in [0.5, 0.6) is 0 Å². The van der Waals surface area contributed by atoms with Gasteiger partial charge in [-0.25, -0.2) is 0 Å². The van der Waals surface area contributed by atoms with Crippen LogP contribution in [-0.4, -0.2) is 15.0 Å². The first kappa shape index (κ1) is 25.4. The molecule has 6 aromatic rings. The fraction of sp³-hybridized carbons (Fsp3) is 0.108. The summed E-state index contributed by atoms with van der Waals surface area (Å²) < 4.78 is 0. The van der Waals surface area contributed by atoms with E-state index in [1.54, 1.807) is 0 Å². The van der Waals surface area contributed by atoms with E-state index in [0.29, 0.717) is 0 Å². The van der Waals surface area contributed by atoms with Crippen LogP contribution in [0.25, 0.3) is 33.5 Å². The molecule has 3 heteroatoms. The lowest BCUT2D eigenvalue weighted by Gasteiger charge is -2.14. The molecule has 0 fully saturated rings. The molecule has 0 radical (unpaired) electrons. The highest BCUT2D eigenvalue weighted by Gasteiger charge is 2.11. The van der Waals surface area contributed by atoms with Gasteiger partial charge in [-0.05, 0) is 82.8 Å². The van der Waals surface area contributed by atoms with Crippen molar-refractivity contribution in [3.8, 4) is 33.5 Å². The molecule has 0 bridgehead atoms. The molecule has 0 amide bonds. The van der Waals surface area contributed by atoms with Crippen molar-refractivity contribution >= 4 is 0 Å². The van der Waals surface area contributed by atoms with Crippen molar-refractivity contribution in [1.82, 2.24) is 15.0 Å². The number of nitrogens with zero attached hydrogens (tertiary/aromatic N) is 3. The van der Waals surface area contributed by atoms with Crippen molar-refractivity contribution in [3.05, 3.63) is 162 Å². The summed E-state index contributed by atoms with van der Waals surface area (Å²) in [6.07, 6.45) is 13.5. The van der Waals surface area contributed by atoms with Gasteiger partial charge in [0, 0.05) is 42.1 Å². The second-order valence-corrected chi connectivity index (χ2v) is 10.1. The molecule has 3 aromatic carbocycles. The number of hydrogen-bond donors (Lipinski definition) is 0. The molecular formula is C37H31N3. The van der Waals surface area contributed by atoms with Crippen LogP contribution >= 0.6 is 0 Å². The Morgan fingerprint density at radius 2 is 0.975 bits per heavy atom. The topological polar surface area (TPSA) is 38.7 Å². The third kappa shape index (κ3) is 6.22. The Balaban J connectivity index is 1.33. The van der Waals surface area contributed by atoms with Crippen LogP contribution in [0.3, 0.4) is 0 Å². The number of benzene rings is 3. The molecule has 40 heavy (non-hydrogen) atoms. The molecule has 0 aliphatic carbocycles. The van der Waals surface area contributed by atoms with Gasteiger partial charge in [0.2, 0.25) is 0 Å². The third-order valence-electron chi connectivity index (χ3n) is 7.28. The quantitative estimate of drug-likeness (QED) is 0.193. The van der Waals surface area contributed by atoms with Gasteiger partial charge in [-0.2, -0.15) is 0 Å². The molecule has 0 saturated heterocycles. The summed E-state index contributed by atoms with van der Waals surface area (Å²) in [4.78, 5) is 13.4. The Morgan fingerprint density at radius 3 is 1.52 bits per heavy atom. The number of rotatable bonds is 9. The molecule has 0 N–H and O–H groups in total. The number of hydrogen-bond acceptors (Lipinski definition) is 3. The summed E-state index contributed by atoms with van der Waals surface area (Å²) >= 11 is 0. The van der Waals surface area contributed by atoms with Crippen LogP contribution in [0.2, 0.25) is 0 Å². The molecule has 0 saturated carbocycles. The van der Waals surface area contributed by atoms with Gasteiger partial charge in [0.25, 0.3) is 0 Å². The van der Waals surface area contributed by atoms with E-state index in [2.05, 4.69) is 88.8 Å². The Labute approximate surface area is 236 Å². The summed E-state index contributed by atoms with van der Waals surface area (Å²) in [7, 11) is 0. The average molecular weight is 518 g/mol. The highest BCUT2D eigenvalue weighted by molar-refractivity contribution is 5.84. The summed E-state index contributed by atoms with van der Waals surface area (Å²) in [5.41, 5.74) is 12.1. The van der Waals surface area contributed by atoms with Gasteiger partial charge < -0.3 is 0 Å². The van der Waals surface area contributed by atoms with E-state index >= 15 is 0 Å². The third-order valence-corrected chi connectivity index (χ3v) is 7.28. The van der Waals surface area contributed by atoms with Gasteiger partial charge in [0.15, 0.2) is 0 Å². The van der Waals surface area contributed by atoms with Crippen LogP contribution in [-0.2, 0) is 25.7 Å². The maximum atomic E-state index is 4.81. The van der Waals surface area contributed by atoms with Crippen molar-refractivity contribution in [2.75, 3.05) is 0 Å². The molecule has 0 unspecified atom stereocenters. The number of aromatic nitrogens is 3. The van der Waals surface area contributed by atoms with Gasteiger partial charge in [-0.1, -0.05) is 91.0 Å². The Morgan fingerprint density at radius 1 is 0.400 bits per heavy atom. The molecule has 3 heterocycles. The van der Waals surface area contributed by atoms with Gasteiger partial charge in [0.05, 0.1) is 5.69 Å². The zero-order chi connectivity index (χ0) is 27.0. The Hall–Kier alpha value is -4.89. The van der Waals surface area contributed by atoms with Crippen LogP contribution in [0, 0.1) is 0 Å². The van der Waals surface area contributed by atoms with E-state index in [9.17, 15) is 0 Å².